The molecule has 1 aliphatic heterocycles. The minimum absolute atomic E-state index is 0.0412. The highest BCUT2D eigenvalue weighted by Crippen LogP contribution is 2.30. The minimum Gasteiger partial charge on any atom is -0.482 e. The van der Waals surface area contributed by atoms with Gasteiger partial charge >= 0.3 is 0 Å². The molecule has 3 nitrogen and oxygen atoms in total. The fourth-order valence-electron chi connectivity index (χ4n) is 1.30. The van der Waals surface area contributed by atoms with Crippen molar-refractivity contribution in [2.75, 3.05) is 0 Å². The van der Waals surface area contributed by atoms with Gasteiger partial charge in [-0.1, -0.05) is 6.07 Å². The Morgan fingerprint density at radius 3 is 2.92 bits per heavy atom. The van der Waals surface area contributed by atoms with E-state index in [1.807, 2.05) is 6.07 Å². The van der Waals surface area contributed by atoms with Gasteiger partial charge in [0, 0.05) is 24.0 Å². The van der Waals surface area contributed by atoms with Gasteiger partial charge < -0.3 is 4.74 Å². The van der Waals surface area contributed by atoms with Gasteiger partial charge in [0.1, 0.15) is 0 Å². The molecule has 1 aromatic rings. The molecule has 1 aromatic heterocycles. The van der Waals surface area contributed by atoms with Gasteiger partial charge in [-0.05, 0) is 13.0 Å². The molecular formula is C10H9NO2. The van der Waals surface area contributed by atoms with Crippen molar-refractivity contribution in [1.29, 1.82) is 0 Å². The summed E-state index contributed by atoms with van der Waals surface area (Å²) in [6.07, 6.45) is 6.17. The summed E-state index contributed by atoms with van der Waals surface area (Å²) in [6, 6.07) is 3.62. The Morgan fingerprint density at radius 1 is 1.54 bits per heavy atom. The molecule has 0 saturated carbocycles. The van der Waals surface area contributed by atoms with Crippen LogP contribution in [0.3, 0.4) is 0 Å². The van der Waals surface area contributed by atoms with E-state index in [1.165, 1.54) is 12.3 Å². The Balaban J connectivity index is 2.42. The standard InChI is InChI=1S/C10H9NO2/c1-10(9(12)4-6-13-10)8-3-2-5-11-7-8/h2-7H,1H3. The maximum Gasteiger partial charge on any atom is 0.206 e. The van der Waals surface area contributed by atoms with Crippen LogP contribution < -0.4 is 0 Å². The minimum atomic E-state index is -0.867. The highest BCUT2D eigenvalue weighted by molar-refractivity contribution is 5.98. The smallest absolute Gasteiger partial charge is 0.206 e. The molecule has 3 heteroatoms. The molecule has 0 N–H and O–H groups in total. The predicted molar refractivity (Wildman–Crippen MR) is 46.8 cm³/mol. The lowest BCUT2D eigenvalue weighted by molar-refractivity contribution is -0.128. The van der Waals surface area contributed by atoms with Gasteiger partial charge in [0.25, 0.3) is 0 Å². The summed E-state index contributed by atoms with van der Waals surface area (Å²) in [5.41, 5.74) is -0.0844. The third-order valence-electron chi connectivity index (χ3n) is 2.21. The Bertz CT molecular complexity index is 358. The number of carbonyl (C=O) groups excluding carboxylic acids is 1. The summed E-state index contributed by atoms with van der Waals surface area (Å²) in [5, 5.41) is 0. The summed E-state index contributed by atoms with van der Waals surface area (Å²) >= 11 is 0. The fourth-order valence-corrected chi connectivity index (χ4v) is 1.30. The van der Waals surface area contributed by atoms with Crippen LogP contribution in [0, 0.1) is 0 Å². The topological polar surface area (TPSA) is 39.2 Å². The van der Waals surface area contributed by atoms with Crippen molar-refractivity contribution in [3.05, 3.63) is 42.4 Å². The first-order chi connectivity index (χ1) is 6.23. The second-order valence-corrected chi connectivity index (χ2v) is 3.06. The van der Waals surface area contributed by atoms with Crippen molar-refractivity contribution < 1.29 is 9.53 Å². The Labute approximate surface area is 76.1 Å². The fraction of sp³-hybridized carbons (Fsp3) is 0.200. The number of hydrogen-bond donors (Lipinski definition) is 0. The molecule has 0 amide bonds. The van der Waals surface area contributed by atoms with Gasteiger partial charge in [0.2, 0.25) is 5.78 Å². The van der Waals surface area contributed by atoms with E-state index >= 15 is 0 Å². The summed E-state index contributed by atoms with van der Waals surface area (Å²) in [5.74, 6) is -0.0412. The first-order valence-corrected chi connectivity index (χ1v) is 4.03. The number of ether oxygens (including phenoxy) is 1. The van der Waals surface area contributed by atoms with Crippen LogP contribution in [0.5, 0.6) is 0 Å². The van der Waals surface area contributed by atoms with E-state index < -0.39 is 5.60 Å². The Hall–Kier alpha value is -1.64. The van der Waals surface area contributed by atoms with Crippen LogP contribution in [0.1, 0.15) is 12.5 Å². The second-order valence-electron chi connectivity index (χ2n) is 3.06. The molecule has 2 heterocycles. The summed E-state index contributed by atoms with van der Waals surface area (Å²) in [6.45, 7) is 1.74. The molecule has 0 aromatic carbocycles. The quantitative estimate of drug-likeness (QED) is 0.647. The van der Waals surface area contributed by atoms with E-state index in [2.05, 4.69) is 4.98 Å². The van der Waals surface area contributed by atoms with Crippen LogP contribution in [0.25, 0.3) is 0 Å². The largest absolute Gasteiger partial charge is 0.482 e. The SMILES string of the molecule is CC1(c2cccnc2)OC=CC1=O. The number of ketones is 1. The molecule has 66 valence electrons. The normalized spacial score (nSPS) is 26.1. The van der Waals surface area contributed by atoms with Crippen molar-refractivity contribution in [2.24, 2.45) is 0 Å². The maximum absolute atomic E-state index is 11.5. The predicted octanol–water partition coefficient (Wildman–Crippen LogP) is 1.41. The van der Waals surface area contributed by atoms with Crippen molar-refractivity contribution in [3.63, 3.8) is 0 Å². The zero-order chi connectivity index (χ0) is 9.31. The highest BCUT2D eigenvalue weighted by atomic mass is 16.5. The third-order valence-corrected chi connectivity index (χ3v) is 2.21. The summed E-state index contributed by atoms with van der Waals surface area (Å²) in [7, 11) is 0. The average Bonchev–Trinajstić information content (AvgIpc) is 2.50. The lowest BCUT2D eigenvalue weighted by Crippen LogP contribution is -2.29. The second kappa shape index (κ2) is 2.69. The van der Waals surface area contributed by atoms with Gasteiger partial charge in [0.05, 0.1) is 6.26 Å². The van der Waals surface area contributed by atoms with Crippen molar-refractivity contribution >= 4 is 5.78 Å². The molecular weight excluding hydrogens is 166 g/mol. The first kappa shape index (κ1) is 7.98. The van der Waals surface area contributed by atoms with E-state index in [0.717, 1.165) is 5.56 Å². The van der Waals surface area contributed by atoms with Crippen molar-refractivity contribution in [1.82, 2.24) is 4.98 Å². The van der Waals surface area contributed by atoms with E-state index in [-0.39, 0.29) is 5.78 Å². The van der Waals surface area contributed by atoms with Gasteiger partial charge in [0.15, 0.2) is 5.60 Å². The Kier molecular flexibility index (Phi) is 1.65. The van der Waals surface area contributed by atoms with E-state index in [4.69, 9.17) is 4.74 Å². The van der Waals surface area contributed by atoms with Crippen LogP contribution in [0.4, 0.5) is 0 Å². The van der Waals surface area contributed by atoms with E-state index in [1.54, 1.807) is 25.4 Å². The molecule has 0 fully saturated rings. The summed E-state index contributed by atoms with van der Waals surface area (Å²) < 4.78 is 5.27. The number of carbonyl (C=O) groups is 1. The zero-order valence-corrected chi connectivity index (χ0v) is 7.23. The van der Waals surface area contributed by atoms with Gasteiger partial charge in [-0.15, -0.1) is 0 Å². The van der Waals surface area contributed by atoms with Crippen molar-refractivity contribution in [3.8, 4) is 0 Å². The number of nitrogens with zero attached hydrogens (tertiary/aromatic N) is 1. The maximum atomic E-state index is 11.5. The molecule has 13 heavy (non-hydrogen) atoms. The molecule has 0 saturated heterocycles. The molecule has 1 atom stereocenters. The van der Waals surface area contributed by atoms with E-state index in [9.17, 15) is 4.79 Å². The highest BCUT2D eigenvalue weighted by Gasteiger charge is 2.38. The molecule has 0 radical (unpaired) electrons. The van der Waals surface area contributed by atoms with E-state index in [0.29, 0.717) is 0 Å². The molecule has 0 bridgehead atoms. The molecule has 0 spiro atoms. The lowest BCUT2D eigenvalue weighted by Gasteiger charge is -2.21. The van der Waals surface area contributed by atoms with Gasteiger partial charge in [-0.25, -0.2) is 0 Å². The van der Waals surface area contributed by atoms with Crippen LogP contribution in [0.15, 0.2) is 36.9 Å². The third kappa shape index (κ3) is 1.13. The number of pyridine rings is 1. The van der Waals surface area contributed by atoms with Crippen LogP contribution in [-0.2, 0) is 15.1 Å². The summed E-state index contributed by atoms with van der Waals surface area (Å²) in [4.78, 5) is 15.4. The van der Waals surface area contributed by atoms with Crippen LogP contribution in [0.2, 0.25) is 0 Å². The first-order valence-electron chi connectivity index (χ1n) is 4.03. The van der Waals surface area contributed by atoms with Gasteiger partial charge in [-0.3, -0.25) is 9.78 Å². The monoisotopic (exact) mass is 175 g/mol. The lowest BCUT2D eigenvalue weighted by atomic mass is 9.94. The molecule has 0 aliphatic carbocycles. The molecule has 1 unspecified atom stereocenters. The zero-order valence-electron chi connectivity index (χ0n) is 7.23. The van der Waals surface area contributed by atoms with Crippen LogP contribution >= 0.6 is 0 Å². The molecule has 2 rings (SSSR count). The van der Waals surface area contributed by atoms with Crippen molar-refractivity contribution in [2.45, 2.75) is 12.5 Å². The molecule has 1 aliphatic rings. The number of hydrogen-bond acceptors (Lipinski definition) is 3. The van der Waals surface area contributed by atoms with Crippen LogP contribution in [-0.4, -0.2) is 10.8 Å². The Morgan fingerprint density at radius 2 is 2.38 bits per heavy atom. The number of rotatable bonds is 1. The van der Waals surface area contributed by atoms with Gasteiger partial charge in [-0.2, -0.15) is 0 Å². The average molecular weight is 175 g/mol. The number of aromatic nitrogens is 1.